The topological polar surface area (TPSA) is 119 Å². The van der Waals surface area contributed by atoms with Gasteiger partial charge in [0.05, 0.1) is 17.9 Å². The summed E-state index contributed by atoms with van der Waals surface area (Å²) in [4.78, 5) is 51.3. The Morgan fingerprint density at radius 1 is 1.00 bits per heavy atom. The molecule has 0 aromatic rings. The molecule has 0 radical (unpaired) electrons. The maximum absolute atomic E-state index is 13.2. The lowest BCUT2D eigenvalue weighted by atomic mass is 9.84. The number of ether oxygens (including phenoxy) is 2. The number of carbonyl (C=O) groups is 4. The monoisotopic (exact) mass is 499 g/mol. The number of amides is 1. The van der Waals surface area contributed by atoms with E-state index in [1.807, 2.05) is 6.92 Å². The molecule has 0 aromatic carbocycles. The maximum atomic E-state index is 13.2. The predicted molar refractivity (Wildman–Crippen MR) is 136 cm³/mol. The molecule has 5 atom stereocenters. The first-order valence-corrected chi connectivity index (χ1v) is 12.0. The fourth-order valence-electron chi connectivity index (χ4n) is 4.34. The Morgan fingerprint density at radius 3 is 2.28 bits per heavy atom. The second-order valence-corrected chi connectivity index (χ2v) is 9.58. The van der Waals surface area contributed by atoms with Crippen molar-refractivity contribution < 1.29 is 33.8 Å². The van der Waals surface area contributed by atoms with Gasteiger partial charge in [0, 0.05) is 42.9 Å². The zero-order valence-electron chi connectivity index (χ0n) is 22.1. The maximum Gasteiger partial charge on any atom is 0.251 e. The van der Waals surface area contributed by atoms with Gasteiger partial charge < -0.3 is 19.9 Å². The third-order valence-electron chi connectivity index (χ3n) is 6.68. The van der Waals surface area contributed by atoms with E-state index in [1.54, 1.807) is 33.8 Å². The number of carbonyl (C=O) groups excluding carboxylic acids is 4. The molecule has 0 spiro atoms. The molecule has 1 amide bonds. The van der Waals surface area contributed by atoms with Gasteiger partial charge in [-0.15, -0.1) is 0 Å². The molecule has 36 heavy (non-hydrogen) atoms. The summed E-state index contributed by atoms with van der Waals surface area (Å²) in [5, 5.41) is 13.5. The van der Waals surface area contributed by atoms with Crippen molar-refractivity contribution in [2.45, 2.75) is 65.8 Å². The van der Waals surface area contributed by atoms with Gasteiger partial charge in [-0.1, -0.05) is 32.1 Å². The van der Waals surface area contributed by atoms with Crippen molar-refractivity contribution >= 4 is 23.3 Å². The van der Waals surface area contributed by atoms with Gasteiger partial charge in [-0.2, -0.15) is 0 Å². The standard InChI is InChI=1S/C28H37NO7/c1-15-11-20-19(5)22(30)14-21(27(20)33)29-28(34)16(2)9-8-10-23(35-6)25(31)17(3)13-18(4)26(32)24(12-15)36-7/h8-10,13-15,18,23-24,26,32H,11-12H2,1-7H3,(H,29,34)/b10-8-,16-9+,17-13+/t15-,18+,23+,24+,26-/m1/s1. The molecule has 2 rings (SSSR count). The van der Waals surface area contributed by atoms with E-state index in [9.17, 15) is 24.3 Å². The van der Waals surface area contributed by atoms with Crippen LogP contribution in [0.4, 0.5) is 0 Å². The molecular formula is C28H37NO7. The second kappa shape index (κ2) is 12.9. The van der Waals surface area contributed by atoms with E-state index in [-0.39, 0.29) is 35.2 Å². The highest BCUT2D eigenvalue weighted by Crippen LogP contribution is 2.28. The Balaban J connectivity index is 2.51. The van der Waals surface area contributed by atoms with Gasteiger partial charge >= 0.3 is 0 Å². The molecule has 1 aliphatic heterocycles. The van der Waals surface area contributed by atoms with Crippen molar-refractivity contribution in [3.05, 3.63) is 58.4 Å². The molecule has 0 unspecified atom stereocenters. The Hall–Kier alpha value is -2.94. The van der Waals surface area contributed by atoms with E-state index in [1.165, 1.54) is 32.4 Å². The van der Waals surface area contributed by atoms with Crippen LogP contribution in [0.15, 0.2) is 58.4 Å². The third kappa shape index (κ3) is 7.06. The molecule has 2 N–H and O–H groups in total. The van der Waals surface area contributed by atoms with Crippen LogP contribution in [-0.4, -0.2) is 60.9 Å². The van der Waals surface area contributed by atoms with Crippen LogP contribution in [-0.2, 0) is 28.7 Å². The van der Waals surface area contributed by atoms with Gasteiger partial charge in [-0.25, -0.2) is 0 Å². The van der Waals surface area contributed by atoms with Crippen molar-refractivity contribution in [3.63, 3.8) is 0 Å². The summed E-state index contributed by atoms with van der Waals surface area (Å²) in [5.41, 5.74) is 1.32. The van der Waals surface area contributed by atoms with Gasteiger partial charge in [-0.05, 0) is 51.2 Å². The zero-order chi connectivity index (χ0) is 27.2. The molecular weight excluding hydrogens is 462 g/mol. The Bertz CT molecular complexity index is 1060. The number of Topliss-reactive ketones (excluding diaryl/α,β-unsaturated/α-hetero) is 2. The Morgan fingerprint density at radius 2 is 1.67 bits per heavy atom. The summed E-state index contributed by atoms with van der Waals surface area (Å²) in [6.07, 6.45) is 5.73. The molecule has 0 aromatic heterocycles. The minimum Gasteiger partial charge on any atom is -0.390 e. The van der Waals surface area contributed by atoms with Gasteiger partial charge in [0.2, 0.25) is 5.78 Å². The van der Waals surface area contributed by atoms with E-state index in [4.69, 9.17) is 9.47 Å². The smallest absolute Gasteiger partial charge is 0.251 e. The third-order valence-corrected chi connectivity index (χ3v) is 6.68. The SMILES string of the molecule is CO[C@H]1/C=C\C=C(/C)C(=O)NC2=CC(=O)C(C)=C(C[C@@H](C)C[C@H](OC)[C@H](O)[C@@H](C)/C=C(\C)C1=O)C2=O. The Kier molecular flexibility index (Phi) is 10.5. The van der Waals surface area contributed by atoms with Crippen LogP contribution in [0.25, 0.3) is 0 Å². The number of hydrogen-bond acceptors (Lipinski definition) is 7. The van der Waals surface area contributed by atoms with Gasteiger partial charge in [0.25, 0.3) is 5.91 Å². The van der Waals surface area contributed by atoms with Crippen LogP contribution < -0.4 is 5.32 Å². The lowest BCUT2D eigenvalue weighted by Gasteiger charge is -2.28. The largest absolute Gasteiger partial charge is 0.390 e. The minimum absolute atomic E-state index is 0.0748. The summed E-state index contributed by atoms with van der Waals surface area (Å²) in [7, 11) is 2.91. The molecule has 0 saturated carbocycles. The molecule has 2 bridgehead atoms. The average Bonchev–Trinajstić information content (AvgIpc) is 2.84. The average molecular weight is 500 g/mol. The number of fused-ring (bicyclic) bond motifs is 2. The molecule has 196 valence electrons. The zero-order valence-corrected chi connectivity index (χ0v) is 22.1. The highest BCUT2D eigenvalue weighted by atomic mass is 16.5. The summed E-state index contributed by atoms with van der Waals surface area (Å²) in [5.74, 6) is -2.06. The number of methoxy groups -OCH3 is 2. The Labute approximate surface area is 212 Å². The number of aliphatic hydroxyl groups is 1. The van der Waals surface area contributed by atoms with Crippen molar-refractivity contribution in [2.75, 3.05) is 14.2 Å². The van der Waals surface area contributed by atoms with Crippen LogP contribution in [0.3, 0.4) is 0 Å². The fraction of sp³-hybridized carbons (Fsp3) is 0.500. The normalized spacial score (nSPS) is 33.3. The number of nitrogens with one attached hydrogen (secondary N) is 1. The summed E-state index contributed by atoms with van der Waals surface area (Å²) in [6, 6.07) is 0. The molecule has 8 nitrogen and oxygen atoms in total. The highest BCUT2D eigenvalue weighted by Gasteiger charge is 2.31. The van der Waals surface area contributed by atoms with E-state index >= 15 is 0 Å². The van der Waals surface area contributed by atoms with Crippen molar-refractivity contribution in [1.82, 2.24) is 5.32 Å². The summed E-state index contributed by atoms with van der Waals surface area (Å²) >= 11 is 0. The number of allylic oxidation sites excluding steroid dienone is 5. The molecule has 0 fully saturated rings. The van der Waals surface area contributed by atoms with Crippen LogP contribution in [0, 0.1) is 11.8 Å². The van der Waals surface area contributed by atoms with Crippen molar-refractivity contribution in [2.24, 2.45) is 11.8 Å². The molecule has 8 heteroatoms. The van der Waals surface area contributed by atoms with Gasteiger partial charge in [0.15, 0.2) is 11.6 Å². The lowest BCUT2D eigenvalue weighted by Crippen LogP contribution is -2.35. The lowest BCUT2D eigenvalue weighted by molar-refractivity contribution is -0.122. The first kappa shape index (κ1) is 29.3. The number of aliphatic hydroxyl groups excluding tert-OH is 1. The quantitative estimate of drug-likeness (QED) is 0.561. The van der Waals surface area contributed by atoms with Crippen LogP contribution >= 0.6 is 0 Å². The second-order valence-electron chi connectivity index (χ2n) is 9.58. The summed E-state index contributed by atoms with van der Waals surface area (Å²) in [6.45, 7) is 8.54. The van der Waals surface area contributed by atoms with Crippen molar-refractivity contribution in [3.8, 4) is 0 Å². The molecule has 1 aliphatic carbocycles. The van der Waals surface area contributed by atoms with E-state index in [0.717, 1.165) is 6.08 Å². The van der Waals surface area contributed by atoms with Gasteiger partial charge in [-0.3, -0.25) is 19.2 Å². The number of hydrogen-bond donors (Lipinski definition) is 2. The van der Waals surface area contributed by atoms with Crippen LogP contribution in [0.2, 0.25) is 0 Å². The van der Waals surface area contributed by atoms with E-state index in [2.05, 4.69) is 5.32 Å². The predicted octanol–water partition coefficient (Wildman–Crippen LogP) is 2.93. The van der Waals surface area contributed by atoms with Crippen LogP contribution in [0.1, 0.15) is 47.5 Å². The van der Waals surface area contributed by atoms with E-state index < -0.39 is 35.9 Å². The minimum atomic E-state index is -0.905. The number of rotatable bonds is 2. The van der Waals surface area contributed by atoms with Gasteiger partial charge in [0.1, 0.15) is 6.10 Å². The van der Waals surface area contributed by atoms with Crippen LogP contribution in [0.5, 0.6) is 0 Å². The number of ketones is 3. The molecule has 1 heterocycles. The van der Waals surface area contributed by atoms with Crippen molar-refractivity contribution in [1.29, 1.82) is 0 Å². The molecule has 0 saturated heterocycles. The van der Waals surface area contributed by atoms with E-state index in [0.29, 0.717) is 23.1 Å². The molecule has 2 aliphatic rings. The highest BCUT2D eigenvalue weighted by molar-refractivity contribution is 6.23. The summed E-state index contributed by atoms with van der Waals surface area (Å²) < 4.78 is 10.9. The fourth-order valence-corrected chi connectivity index (χ4v) is 4.34. The first-order chi connectivity index (χ1) is 16.9. The first-order valence-electron chi connectivity index (χ1n) is 12.0.